The maximum Gasteiger partial charge on any atom is 0.242 e. The summed E-state index contributed by atoms with van der Waals surface area (Å²) in [5.74, 6) is 0.700. The number of thioether (sulfide) groups is 1. The molecule has 38 heavy (non-hydrogen) atoms. The Bertz CT molecular complexity index is 1390. The summed E-state index contributed by atoms with van der Waals surface area (Å²) in [6.45, 7) is 0. The van der Waals surface area contributed by atoms with Crippen LogP contribution >= 0.6 is 35.6 Å². The first-order chi connectivity index (χ1) is 18.5. The molecule has 0 saturated heterocycles. The van der Waals surface area contributed by atoms with E-state index in [2.05, 4.69) is 16.0 Å². The molecule has 0 aromatic heterocycles. The van der Waals surface area contributed by atoms with Gasteiger partial charge < -0.3 is 25.4 Å². The van der Waals surface area contributed by atoms with Gasteiger partial charge in [0.15, 0.2) is 5.11 Å². The van der Waals surface area contributed by atoms with Crippen molar-refractivity contribution in [1.82, 2.24) is 0 Å². The van der Waals surface area contributed by atoms with Crippen molar-refractivity contribution in [3.63, 3.8) is 0 Å². The van der Waals surface area contributed by atoms with Crippen molar-refractivity contribution in [1.29, 1.82) is 0 Å². The Kier molecular flexibility index (Phi) is 9.48. The highest BCUT2D eigenvalue weighted by molar-refractivity contribution is 8.00. The number of nitrogens with one attached hydrogen (secondary N) is 3. The van der Waals surface area contributed by atoms with Gasteiger partial charge in [0.1, 0.15) is 16.7 Å². The van der Waals surface area contributed by atoms with Crippen molar-refractivity contribution < 1.29 is 14.3 Å². The maximum atomic E-state index is 13.5. The Balaban J connectivity index is 1.49. The smallest absolute Gasteiger partial charge is 0.242 e. The highest BCUT2D eigenvalue weighted by Crippen LogP contribution is 2.40. The number of hydrogen-bond acceptors (Lipinski definition) is 5. The highest BCUT2D eigenvalue weighted by atomic mass is 35.5. The first kappa shape index (κ1) is 27.3. The van der Waals surface area contributed by atoms with Gasteiger partial charge in [-0.15, -0.1) is 11.8 Å². The summed E-state index contributed by atoms with van der Waals surface area (Å²) in [6, 6.07) is 30.3. The minimum Gasteiger partial charge on any atom is -0.495 e. The molecule has 0 aliphatic heterocycles. The first-order valence-corrected chi connectivity index (χ1v) is 13.3. The molecule has 4 rings (SSSR count). The van der Waals surface area contributed by atoms with Gasteiger partial charge in [-0.05, 0) is 60.2 Å². The third-order valence-corrected chi connectivity index (χ3v) is 7.24. The Morgan fingerprint density at radius 1 is 0.789 bits per heavy atom. The fourth-order valence-electron chi connectivity index (χ4n) is 3.62. The average Bonchev–Trinajstić information content (AvgIpc) is 2.93. The van der Waals surface area contributed by atoms with E-state index in [9.17, 15) is 4.79 Å². The molecular formula is C29H26ClN3O3S2. The van der Waals surface area contributed by atoms with Gasteiger partial charge in [0, 0.05) is 22.3 Å². The van der Waals surface area contributed by atoms with Gasteiger partial charge in [-0.1, -0.05) is 60.1 Å². The summed E-state index contributed by atoms with van der Waals surface area (Å²) in [5.41, 5.74) is 3.07. The molecule has 4 aromatic rings. The molecule has 0 bridgehead atoms. The van der Waals surface area contributed by atoms with Crippen LogP contribution in [0, 0.1) is 0 Å². The van der Waals surface area contributed by atoms with E-state index in [0.717, 1.165) is 21.8 Å². The summed E-state index contributed by atoms with van der Waals surface area (Å²) in [5, 5.41) is 9.64. The second-order valence-corrected chi connectivity index (χ2v) is 10.0. The summed E-state index contributed by atoms with van der Waals surface area (Å²) in [7, 11) is 3.05. The lowest BCUT2D eigenvalue weighted by Gasteiger charge is -2.19. The largest absolute Gasteiger partial charge is 0.495 e. The van der Waals surface area contributed by atoms with Crippen molar-refractivity contribution in [2.75, 3.05) is 30.2 Å². The van der Waals surface area contributed by atoms with Crippen LogP contribution in [0.15, 0.2) is 102 Å². The molecule has 1 unspecified atom stereocenters. The second kappa shape index (κ2) is 13.2. The molecule has 1 atom stereocenters. The van der Waals surface area contributed by atoms with Gasteiger partial charge in [0.2, 0.25) is 5.91 Å². The number of hydrogen-bond donors (Lipinski definition) is 3. The van der Waals surface area contributed by atoms with E-state index in [1.807, 2.05) is 84.9 Å². The topological polar surface area (TPSA) is 71.6 Å². The van der Waals surface area contributed by atoms with Gasteiger partial charge >= 0.3 is 0 Å². The molecule has 0 saturated carbocycles. The van der Waals surface area contributed by atoms with Gasteiger partial charge in [0.25, 0.3) is 0 Å². The summed E-state index contributed by atoms with van der Waals surface area (Å²) >= 11 is 13.2. The summed E-state index contributed by atoms with van der Waals surface area (Å²) in [6.07, 6.45) is 0. The quantitative estimate of drug-likeness (QED) is 0.143. The molecule has 194 valence electrons. The molecular weight excluding hydrogens is 538 g/mol. The van der Waals surface area contributed by atoms with Gasteiger partial charge in [-0.3, -0.25) is 4.79 Å². The van der Waals surface area contributed by atoms with E-state index in [-0.39, 0.29) is 5.91 Å². The predicted molar refractivity (Wildman–Crippen MR) is 161 cm³/mol. The molecule has 0 fully saturated rings. The molecule has 0 aliphatic carbocycles. The maximum absolute atomic E-state index is 13.5. The molecule has 9 heteroatoms. The Labute approximate surface area is 236 Å². The number of ether oxygens (including phenoxy) is 2. The number of carbonyl (C=O) groups is 1. The van der Waals surface area contributed by atoms with Crippen LogP contribution in [0.2, 0.25) is 5.02 Å². The lowest BCUT2D eigenvalue weighted by atomic mass is 10.1. The van der Waals surface area contributed by atoms with Crippen LogP contribution in [0.3, 0.4) is 0 Å². The van der Waals surface area contributed by atoms with Gasteiger partial charge in [-0.2, -0.15) is 0 Å². The van der Waals surface area contributed by atoms with Crippen LogP contribution in [0.5, 0.6) is 11.5 Å². The van der Waals surface area contributed by atoms with Gasteiger partial charge in [-0.25, -0.2) is 0 Å². The van der Waals surface area contributed by atoms with E-state index >= 15 is 0 Å². The minimum atomic E-state index is -0.526. The normalized spacial score (nSPS) is 11.2. The van der Waals surface area contributed by atoms with E-state index in [4.69, 9.17) is 33.3 Å². The van der Waals surface area contributed by atoms with Crippen molar-refractivity contribution in [2.24, 2.45) is 0 Å². The molecule has 1 amide bonds. The highest BCUT2D eigenvalue weighted by Gasteiger charge is 2.24. The number of thiocarbonyl (C=S) groups is 1. The number of rotatable bonds is 9. The zero-order valence-electron chi connectivity index (χ0n) is 20.7. The fraction of sp³-hybridized carbons (Fsp3) is 0.103. The first-order valence-electron chi connectivity index (χ1n) is 11.6. The predicted octanol–water partition coefficient (Wildman–Crippen LogP) is 7.64. The molecule has 6 nitrogen and oxygen atoms in total. The molecule has 0 spiro atoms. The Morgan fingerprint density at radius 3 is 1.97 bits per heavy atom. The van der Waals surface area contributed by atoms with Crippen LogP contribution < -0.4 is 25.4 Å². The molecule has 0 aliphatic rings. The van der Waals surface area contributed by atoms with Crippen molar-refractivity contribution in [3.8, 4) is 11.5 Å². The van der Waals surface area contributed by atoms with E-state index < -0.39 is 5.25 Å². The minimum absolute atomic E-state index is 0.212. The van der Waals surface area contributed by atoms with Crippen molar-refractivity contribution >= 4 is 63.7 Å². The monoisotopic (exact) mass is 563 g/mol. The van der Waals surface area contributed by atoms with Crippen LogP contribution in [0.25, 0.3) is 0 Å². The number of para-hydroxylation sites is 1. The number of carbonyl (C=O) groups excluding carboxylic acids is 1. The van der Waals surface area contributed by atoms with E-state index in [1.54, 1.807) is 12.1 Å². The molecule has 4 aromatic carbocycles. The number of anilines is 3. The van der Waals surface area contributed by atoms with Crippen LogP contribution in [-0.2, 0) is 4.79 Å². The molecule has 0 heterocycles. The lowest BCUT2D eigenvalue weighted by Crippen LogP contribution is -2.19. The second-order valence-electron chi connectivity index (χ2n) is 8.05. The van der Waals surface area contributed by atoms with Crippen molar-refractivity contribution in [3.05, 3.63) is 108 Å². The molecule has 0 radical (unpaired) electrons. The Hall–Kier alpha value is -3.72. The van der Waals surface area contributed by atoms with Crippen LogP contribution in [0.1, 0.15) is 10.8 Å². The van der Waals surface area contributed by atoms with E-state index in [1.165, 1.54) is 26.0 Å². The van der Waals surface area contributed by atoms with E-state index in [0.29, 0.717) is 27.3 Å². The standard InChI is InChI=1S/C29H26ClN3O3S2/c1-35-25-18-26(36-2)24(17-23(25)30)33-28(34)27(19-9-5-3-6-10-19)38-22-15-13-21(14-16-22)32-29(37)31-20-11-7-4-8-12-20/h3-18,27H,1-2H3,(H,33,34)(H2,31,32,37). The van der Waals surface area contributed by atoms with Crippen molar-refractivity contribution in [2.45, 2.75) is 10.1 Å². The SMILES string of the molecule is COc1cc(OC)c(NC(=O)C(Sc2ccc(NC(=S)Nc3ccccc3)cc2)c2ccccc2)cc1Cl. The summed E-state index contributed by atoms with van der Waals surface area (Å²) in [4.78, 5) is 14.5. The zero-order valence-corrected chi connectivity index (χ0v) is 23.1. The summed E-state index contributed by atoms with van der Waals surface area (Å²) < 4.78 is 10.7. The third kappa shape index (κ3) is 7.19. The molecule has 3 N–H and O–H groups in total. The number of methoxy groups -OCH3 is 2. The number of amides is 1. The Morgan fingerprint density at radius 2 is 1.37 bits per heavy atom. The van der Waals surface area contributed by atoms with Crippen LogP contribution in [0.4, 0.5) is 17.1 Å². The zero-order chi connectivity index (χ0) is 26.9. The van der Waals surface area contributed by atoms with Crippen LogP contribution in [-0.4, -0.2) is 25.2 Å². The fourth-order valence-corrected chi connectivity index (χ4v) is 5.13. The lowest BCUT2D eigenvalue weighted by molar-refractivity contribution is -0.115. The number of benzene rings is 4. The average molecular weight is 564 g/mol. The third-order valence-electron chi connectivity index (χ3n) is 5.47. The number of halogens is 1. The van der Waals surface area contributed by atoms with Gasteiger partial charge in [0.05, 0.1) is 24.9 Å².